The number of rotatable bonds is 4. The average Bonchev–Trinajstić information content (AvgIpc) is 2.47. The van der Waals surface area contributed by atoms with Gasteiger partial charge in [0.2, 0.25) is 6.43 Å². The highest BCUT2D eigenvalue weighted by Gasteiger charge is 2.41. The van der Waals surface area contributed by atoms with E-state index in [0.717, 1.165) is 11.4 Å². The van der Waals surface area contributed by atoms with Gasteiger partial charge in [0.05, 0.1) is 7.11 Å². The number of piperidine rings is 1. The number of halogens is 2. The summed E-state index contributed by atoms with van der Waals surface area (Å²) in [7, 11) is 1.62. The molecule has 19 heavy (non-hydrogen) atoms. The molecular formula is C14H20F2N2O. The van der Waals surface area contributed by atoms with Gasteiger partial charge < -0.3 is 15.4 Å². The van der Waals surface area contributed by atoms with E-state index < -0.39 is 11.8 Å². The quantitative estimate of drug-likeness (QED) is 0.913. The van der Waals surface area contributed by atoms with Crippen molar-refractivity contribution in [2.24, 2.45) is 11.1 Å². The Labute approximate surface area is 112 Å². The molecule has 0 saturated carbocycles. The molecule has 3 nitrogen and oxygen atoms in total. The summed E-state index contributed by atoms with van der Waals surface area (Å²) in [6.07, 6.45) is -1.46. The smallest absolute Gasteiger partial charge is 0.245 e. The number of nitrogens with zero attached hydrogens (tertiary/aromatic N) is 1. The van der Waals surface area contributed by atoms with E-state index in [1.807, 2.05) is 24.3 Å². The fourth-order valence-corrected chi connectivity index (χ4v) is 2.51. The van der Waals surface area contributed by atoms with Crippen LogP contribution in [0.4, 0.5) is 14.5 Å². The molecule has 1 fully saturated rings. The minimum absolute atomic E-state index is 0.0567. The number of hydrogen-bond donors (Lipinski definition) is 1. The molecule has 1 saturated heterocycles. The van der Waals surface area contributed by atoms with Crippen LogP contribution in [0.2, 0.25) is 0 Å². The highest BCUT2D eigenvalue weighted by atomic mass is 19.3. The van der Waals surface area contributed by atoms with E-state index in [4.69, 9.17) is 10.5 Å². The van der Waals surface area contributed by atoms with E-state index in [2.05, 4.69) is 4.90 Å². The number of nitrogens with two attached hydrogens (primary N) is 1. The molecule has 0 spiro atoms. The molecule has 0 atom stereocenters. The van der Waals surface area contributed by atoms with E-state index in [-0.39, 0.29) is 6.54 Å². The lowest BCUT2D eigenvalue weighted by Crippen LogP contribution is -2.48. The van der Waals surface area contributed by atoms with Gasteiger partial charge in [-0.3, -0.25) is 0 Å². The maximum Gasteiger partial charge on any atom is 0.245 e. The van der Waals surface area contributed by atoms with Crippen molar-refractivity contribution in [3.63, 3.8) is 0 Å². The summed E-state index contributed by atoms with van der Waals surface area (Å²) in [6.45, 7) is 1.29. The van der Waals surface area contributed by atoms with Crippen LogP contribution in [0.3, 0.4) is 0 Å². The van der Waals surface area contributed by atoms with E-state index in [9.17, 15) is 8.78 Å². The Hall–Kier alpha value is -1.36. The predicted octanol–water partition coefficient (Wildman–Crippen LogP) is 2.51. The van der Waals surface area contributed by atoms with Crippen molar-refractivity contribution in [1.29, 1.82) is 0 Å². The molecule has 0 bridgehead atoms. The maximum atomic E-state index is 13.1. The van der Waals surface area contributed by atoms with Gasteiger partial charge >= 0.3 is 0 Å². The van der Waals surface area contributed by atoms with Crippen LogP contribution in [-0.4, -0.2) is 33.2 Å². The molecule has 1 heterocycles. The standard InChI is InChI=1S/C14H20F2N2O/c1-19-12-4-2-11(3-5-12)18-8-6-14(10-17,7-9-18)13(15)16/h2-5,13H,6-10,17H2,1H3. The Morgan fingerprint density at radius 2 is 1.84 bits per heavy atom. The van der Waals surface area contributed by atoms with Gasteiger partial charge in [0, 0.05) is 30.7 Å². The lowest BCUT2D eigenvalue weighted by Gasteiger charge is -2.41. The van der Waals surface area contributed by atoms with Gasteiger partial charge in [-0.05, 0) is 37.1 Å². The monoisotopic (exact) mass is 270 g/mol. The van der Waals surface area contributed by atoms with Crippen LogP contribution in [0, 0.1) is 5.41 Å². The first-order valence-corrected chi connectivity index (χ1v) is 6.48. The van der Waals surface area contributed by atoms with Crippen LogP contribution in [-0.2, 0) is 0 Å². The van der Waals surface area contributed by atoms with Crippen molar-refractivity contribution in [2.45, 2.75) is 19.3 Å². The number of anilines is 1. The molecule has 5 heteroatoms. The lowest BCUT2D eigenvalue weighted by atomic mass is 9.78. The molecule has 1 aliphatic heterocycles. The van der Waals surface area contributed by atoms with E-state index >= 15 is 0 Å². The van der Waals surface area contributed by atoms with Crippen LogP contribution in [0.1, 0.15) is 12.8 Å². The highest BCUT2D eigenvalue weighted by molar-refractivity contribution is 5.49. The van der Waals surface area contributed by atoms with Gasteiger partial charge in [-0.25, -0.2) is 8.78 Å². The highest BCUT2D eigenvalue weighted by Crippen LogP contribution is 2.38. The first-order chi connectivity index (χ1) is 9.11. The number of methoxy groups -OCH3 is 1. The van der Waals surface area contributed by atoms with E-state index in [1.54, 1.807) is 7.11 Å². The van der Waals surface area contributed by atoms with Gasteiger partial charge in [-0.15, -0.1) is 0 Å². The summed E-state index contributed by atoms with van der Waals surface area (Å²) in [4.78, 5) is 2.12. The third kappa shape index (κ3) is 2.81. The summed E-state index contributed by atoms with van der Waals surface area (Å²) in [6, 6.07) is 7.67. The second kappa shape index (κ2) is 5.74. The van der Waals surface area contributed by atoms with E-state index in [1.165, 1.54) is 0 Å². The predicted molar refractivity (Wildman–Crippen MR) is 71.9 cm³/mol. The van der Waals surface area contributed by atoms with Gasteiger partial charge in [-0.1, -0.05) is 0 Å². The molecule has 0 aliphatic carbocycles. The van der Waals surface area contributed by atoms with Crippen molar-refractivity contribution in [1.82, 2.24) is 0 Å². The van der Waals surface area contributed by atoms with Crippen molar-refractivity contribution in [2.75, 3.05) is 31.6 Å². The topological polar surface area (TPSA) is 38.5 Å². The third-order valence-electron chi connectivity index (χ3n) is 4.07. The molecular weight excluding hydrogens is 250 g/mol. The molecule has 0 aromatic heterocycles. The Bertz CT molecular complexity index is 400. The van der Waals surface area contributed by atoms with Crippen LogP contribution >= 0.6 is 0 Å². The Balaban J connectivity index is 2.02. The lowest BCUT2D eigenvalue weighted by molar-refractivity contribution is -0.0160. The Morgan fingerprint density at radius 3 is 2.26 bits per heavy atom. The summed E-state index contributed by atoms with van der Waals surface area (Å²) < 4.78 is 31.3. The number of benzene rings is 1. The molecule has 106 valence electrons. The van der Waals surface area contributed by atoms with Crippen LogP contribution in [0.5, 0.6) is 5.75 Å². The van der Waals surface area contributed by atoms with Crippen molar-refractivity contribution >= 4 is 5.69 Å². The summed E-state index contributed by atoms with van der Waals surface area (Å²) >= 11 is 0. The minimum Gasteiger partial charge on any atom is -0.497 e. The largest absolute Gasteiger partial charge is 0.497 e. The number of hydrogen-bond acceptors (Lipinski definition) is 3. The third-order valence-corrected chi connectivity index (χ3v) is 4.07. The molecule has 0 amide bonds. The van der Waals surface area contributed by atoms with Gasteiger partial charge in [0.1, 0.15) is 5.75 Å². The first kappa shape index (κ1) is 14.1. The molecule has 2 rings (SSSR count). The maximum absolute atomic E-state index is 13.1. The first-order valence-electron chi connectivity index (χ1n) is 6.48. The van der Waals surface area contributed by atoms with Crippen molar-refractivity contribution < 1.29 is 13.5 Å². The Morgan fingerprint density at radius 1 is 1.26 bits per heavy atom. The number of ether oxygens (including phenoxy) is 1. The van der Waals surface area contributed by atoms with Crippen LogP contribution in [0.25, 0.3) is 0 Å². The zero-order valence-electron chi connectivity index (χ0n) is 11.1. The molecule has 1 aromatic rings. The van der Waals surface area contributed by atoms with Crippen LogP contribution in [0.15, 0.2) is 24.3 Å². The van der Waals surface area contributed by atoms with E-state index in [0.29, 0.717) is 25.9 Å². The number of alkyl halides is 2. The average molecular weight is 270 g/mol. The second-order valence-electron chi connectivity index (χ2n) is 5.05. The summed E-state index contributed by atoms with van der Waals surface area (Å²) in [5, 5.41) is 0. The fraction of sp³-hybridized carbons (Fsp3) is 0.571. The summed E-state index contributed by atoms with van der Waals surface area (Å²) in [5.74, 6) is 0.796. The van der Waals surface area contributed by atoms with Gasteiger partial charge in [0.15, 0.2) is 0 Å². The zero-order chi connectivity index (χ0) is 13.9. The van der Waals surface area contributed by atoms with Gasteiger partial charge in [-0.2, -0.15) is 0 Å². The van der Waals surface area contributed by atoms with Crippen LogP contribution < -0.4 is 15.4 Å². The van der Waals surface area contributed by atoms with Crippen molar-refractivity contribution in [3.8, 4) is 5.75 Å². The molecule has 1 aliphatic rings. The fourth-order valence-electron chi connectivity index (χ4n) is 2.51. The van der Waals surface area contributed by atoms with Gasteiger partial charge in [0.25, 0.3) is 0 Å². The molecule has 1 aromatic carbocycles. The normalized spacial score (nSPS) is 18.7. The summed E-state index contributed by atoms with van der Waals surface area (Å²) in [5.41, 5.74) is 5.59. The molecule has 0 radical (unpaired) electrons. The minimum atomic E-state index is -2.34. The molecule has 0 unspecified atom stereocenters. The Kier molecular flexibility index (Phi) is 4.24. The molecule has 2 N–H and O–H groups in total. The zero-order valence-corrected chi connectivity index (χ0v) is 11.1. The SMILES string of the molecule is COc1ccc(N2CCC(CN)(C(F)F)CC2)cc1. The second-order valence-corrected chi connectivity index (χ2v) is 5.05. The van der Waals surface area contributed by atoms with Crippen molar-refractivity contribution in [3.05, 3.63) is 24.3 Å².